The fourth-order valence-electron chi connectivity index (χ4n) is 2.30. The Bertz CT molecular complexity index is 415. The maximum Gasteiger partial charge on any atom is 0.327 e. The van der Waals surface area contributed by atoms with E-state index in [9.17, 15) is 14.4 Å². The summed E-state index contributed by atoms with van der Waals surface area (Å²) in [4.78, 5) is 40.0. The molecule has 0 unspecified atom stereocenters. The van der Waals surface area contributed by atoms with Crippen LogP contribution in [0.3, 0.4) is 0 Å². The van der Waals surface area contributed by atoms with Crippen molar-refractivity contribution in [3.8, 4) is 0 Å². The second-order valence-corrected chi connectivity index (χ2v) is 5.36. The maximum absolute atomic E-state index is 12.0. The van der Waals surface area contributed by atoms with Gasteiger partial charge in [-0.25, -0.2) is 4.79 Å². The first kappa shape index (κ1) is 11.5. The molecule has 3 rings (SSSR count). The third kappa shape index (κ3) is 1.95. The number of imide groups is 1. The van der Waals surface area contributed by atoms with Gasteiger partial charge in [0, 0.05) is 19.1 Å². The first-order valence-corrected chi connectivity index (χ1v) is 6.44. The van der Waals surface area contributed by atoms with Gasteiger partial charge in [-0.15, -0.1) is 0 Å². The van der Waals surface area contributed by atoms with Crippen LogP contribution in [0.15, 0.2) is 0 Å². The standard InChI is InChI=1S/C12H17N3O3/c1-13(8-2-3-8)10(16)6-15-11(17)7-14(12(15)18)9-4-5-9/h8-9H,2-7H2,1H3. The summed E-state index contributed by atoms with van der Waals surface area (Å²) in [5.74, 6) is -0.388. The molecule has 0 aromatic carbocycles. The third-order valence-corrected chi connectivity index (χ3v) is 3.85. The van der Waals surface area contributed by atoms with E-state index in [4.69, 9.17) is 0 Å². The van der Waals surface area contributed by atoms with E-state index in [2.05, 4.69) is 0 Å². The average molecular weight is 251 g/mol. The van der Waals surface area contributed by atoms with E-state index in [0.717, 1.165) is 30.6 Å². The van der Waals surface area contributed by atoms with Crippen LogP contribution in [0.4, 0.5) is 4.79 Å². The van der Waals surface area contributed by atoms with Crippen molar-refractivity contribution < 1.29 is 14.4 Å². The van der Waals surface area contributed by atoms with Gasteiger partial charge < -0.3 is 9.80 Å². The number of carbonyl (C=O) groups is 3. The highest BCUT2D eigenvalue weighted by atomic mass is 16.2. The lowest BCUT2D eigenvalue weighted by molar-refractivity contribution is -0.135. The molecule has 3 fully saturated rings. The van der Waals surface area contributed by atoms with E-state index in [1.54, 1.807) is 16.8 Å². The molecule has 1 heterocycles. The number of carbonyl (C=O) groups excluding carboxylic acids is 3. The summed E-state index contributed by atoms with van der Waals surface area (Å²) >= 11 is 0. The minimum Gasteiger partial charge on any atom is -0.341 e. The fraction of sp³-hybridized carbons (Fsp3) is 0.750. The molecule has 2 aliphatic carbocycles. The van der Waals surface area contributed by atoms with Gasteiger partial charge in [-0.05, 0) is 25.7 Å². The van der Waals surface area contributed by atoms with Crippen molar-refractivity contribution in [2.45, 2.75) is 37.8 Å². The van der Waals surface area contributed by atoms with E-state index < -0.39 is 0 Å². The monoisotopic (exact) mass is 251 g/mol. The quantitative estimate of drug-likeness (QED) is 0.662. The molecule has 0 aromatic rings. The van der Waals surface area contributed by atoms with Crippen LogP contribution in [-0.2, 0) is 9.59 Å². The van der Waals surface area contributed by atoms with Crippen LogP contribution in [0.5, 0.6) is 0 Å². The molecule has 98 valence electrons. The predicted molar refractivity (Wildman–Crippen MR) is 62.6 cm³/mol. The third-order valence-electron chi connectivity index (χ3n) is 3.85. The molecule has 1 saturated heterocycles. The summed E-state index contributed by atoms with van der Waals surface area (Å²) in [6.45, 7) is 0.0395. The van der Waals surface area contributed by atoms with Crippen molar-refractivity contribution in [2.75, 3.05) is 20.1 Å². The minimum absolute atomic E-state index is 0.103. The van der Waals surface area contributed by atoms with Crippen molar-refractivity contribution >= 4 is 17.8 Å². The van der Waals surface area contributed by atoms with Gasteiger partial charge in [0.05, 0.1) is 0 Å². The summed E-state index contributed by atoms with van der Waals surface area (Å²) in [7, 11) is 1.74. The van der Waals surface area contributed by atoms with Gasteiger partial charge in [-0.2, -0.15) is 0 Å². The molecule has 0 aromatic heterocycles. The fourth-order valence-corrected chi connectivity index (χ4v) is 2.30. The summed E-state index contributed by atoms with van der Waals surface area (Å²) in [5, 5.41) is 0. The molecular formula is C12H17N3O3. The molecule has 18 heavy (non-hydrogen) atoms. The molecule has 2 saturated carbocycles. The zero-order chi connectivity index (χ0) is 12.9. The molecule has 0 spiro atoms. The number of hydrogen-bond acceptors (Lipinski definition) is 3. The van der Waals surface area contributed by atoms with Crippen LogP contribution in [0.25, 0.3) is 0 Å². The van der Waals surface area contributed by atoms with Crippen LogP contribution < -0.4 is 0 Å². The van der Waals surface area contributed by atoms with Gasteiger partial charge in [0.2, 0.25) is 5.91 Å². The van der Waals surface area contributed by atoms with E-state index in [0.29, 0.717) is 6.04 Å². The Morgan fingerprint density at radius 2 is 1.94 bits per heavy atom. The van der Waals surface area contributed by atoms with Gasteiger partial charge in [0.25, 0.3) is 5.91 Å². The normalized spacial score (nSPS) is 23.8. The Hall–Kier alpha value is -1.59. The van der Waals surface area contributed by atoms with E-state index in [-0.39, 0.29) is 37.0 Å². The topological polar surface area (TPSA) is 60.9 Å². The van der Waals surface area contributed by atoms with Crippen molar-refractivity contribution in [3.05, 3.63) is 0 Å². The molecule has 4 amide bonds. The number of amides is 4. The highest BCUT2D eigenvalue weighted by molar-refractivity contribution is 6.04. The molecule has 3 aliphatic rings. The zero-order valence-corrected chi connectivity index (χ0v) is 10.5. The lowest BCUT2D eigenvalue weighted by atomic mass is 10.4. The van der Waals surface area contributed by atoms with Crippen molar-refractivity contribution in [1.29, 1.82) is 0 Å². The number of rotatable bonds is 4. The van der Waals surface area contributed by atoms with Gasteiger partial charge >= 0.3 is 6.03 Å². The van der Waals surface area contributed by atoms with Crippen molar-refractivity contribution in [2.24, 2.45) is 0 Å². The lowest BCUT2D eigenvalue weighted by Gasteiger charge is -2.20. The summed E-state index contributed by atoms with van der Waals surface area (Å²) < 4.78 is 0. The lowest BCUT2D eigenvalue weighted by Crippen LogP contribution is -2.43. The summed E-state index contributed by atoms with van der Waals surface area (Å²) in [5.41, 5.74) is 0. The molecule has 0 N–H and O–H groups in total. The van der Waals surface area contributed by atoms with Crippen LogP contribution >= 0.6 is 0 Å². The Morgan fingerprint density at radius 1 is 1.28 bits per heavy atom. The van der Waals surface area contributed by atoms with Crippen LogP contribution in [0.2, 0.25) is 0 Å². The predicted octanol–water partition coefficient (Wildman–Crippen LogP) is 0.0338. The van der Waals surface area contributed by atoms with Gasteiger partial charge in [-0.1, -0.05) is 0 Å². The number of likely N-dealkylation sites (N-methyl/N-ethyl adjacent to an activating group) is 1. The van der Waals surface area contributed by atoms with Crippen LogP contribution in [0.1, 0.15) is 25.7 Å². The van der Waals surface area contributed by atoms with Gasteiger partial charge in [0.1, 0.15) is 13.1 Å². The van der Waals surface area contributed by atoms with Gasteiger partial charge in [0.15, 0.2) is 0 Å². The molecule has 0 atom stereocenters. The Morgan fingerprint density at radius 3 is 2.50 bits per heavy atom. The second kappa shape index (κ2) is 3.96. The molecule has 0 radical (unpaired) electrons. The molecule has 0 bridgehead atoms. The highest BCUT2D eigenvalue weighted by Gasteiger charge is 2.44. The number of hydrogen-bond donors (Lipinski definition) is 0. The SMILES string of the molecule is CN(C(=O)CN1C(=O)CN(C2CC2)C1=O)C1CC1. The van der Waals surface area contributed by atoms with Gasteiger partial charge in [-0.3, -0.25) is 14.5 Å². The zero-order valence-electron chi connectivity index (χ0n) is 10.5. The Balaban J connectivity index is 1.62. The number of urea groups is 1. The average Bonchev–Trinajstić information content (AvgIpc) is 3.22. The van der Waals surface area contributed by atoms with Crippen molar-refractivity contribution in [1.82, 2.24) is 14.7 Å². The van der Waals surface area contributed by atoms with Crippen LogP contribution in [-0.4, -0.2) is 64.8 Å². The largest absolute Gasteiger partial charge is 0.341 e. The minimum atomic E-state index is -0.292. The Labute approximate surface area is 106 Å². The first-order valence-electron chi connectivity index (χ1n) is 6.44. The van der Waals surface area contributed by atoms with Crippen LogP contribution in [0, 0.1) is 0 Å². The number of nitrogens with zero attached hydrogens (tertiary/aromatic N) is 3. The van der Waals surface area contributed by atoms with E-state index in [1.165, 1.54) is 0 Å². The van der Waals surface area contributed by atoms with Crippen molar-refractivity contribution in [3.63, 3.8) is 0 Å². The molecular weight excluding hydrogens is 234 g/mol. The van der Waals surface area contributed by atoms with E-state index >= 15 is 0 Å². The molecule has 1 aliphatic heterocycles. The maximum atomic E-state index is 12.0. The van der Waals surface area contributed by atoms with E-state index in [1.807, 2.05) is 0 Å². The smallest absolute Gasteiger partial charge is 0.327 e. The molecule has 6 heteroatoms. The molecule has 6 nitrogen and oxygen atoms in total. The first-order chi connectivity index (χ1) is 8.58. The second-order valence-electron chi connectivity index (χ2n) is 5.36. The Kier molecular flexibility index (Phi) is 2.53. The highest BCUT2D eigenvalue weighted by Crippen LogP contribution is 2.30. The summed E-state index contributed by atoms with van der Waals surface area (Å²) in [6, 6.07) is 0.243. The summed E-state index contributed by atoms with van der Waals surface area (Å²) in [6.07, 6.45) is 4.00.